The summed E-state index contributed by atoms with van der Waals surface area (Å²) in [5.74, 6) is -1.24. The van der Waals surface area contributed by atoms with Crippen LogP contribution >= 0.6 is 0 Å². The van der Waals surface area contributed by atoms with E-state index in [0.29, 0.717) is 0 Å². The van der Waals surface area contributed by atoms with E-state index in [2.05, 4.69) is 0 Å². The fourth-order valence-electron chi connectivity index (χ4n) is 6.53. The van der Waals surface area contributed by atoms with Crippen LogP contribution in [-0.2, 0) is 89.8 Å². The maximum atomic E-state index is 11.4. The molecule has 0 heterocycles. The van der Waals surface area contributed by atoms with E-state index in [0.717, 1.165) is 0 Å². The van der Waals surface area contributed by atoms with Gasteiger partial charge < -0.3 is 0 Å². The Kier molecular flexibility index (Phi) is 41.0. The van der Waals surface area contributed by atoms with Gasteiger partial charge in [0.05, 0.1) is 0 Å². The third kappa shape index (κ3) is 46.2. The van der Waals surface area contributed by atoms with Crippen LogP contribution < -0.4 is 0 Å². The van der Waals surface area contributed by atoms with Gasteiger partial charge in [0.25, 0.3) is 0 Å². The number of carbonyl (C=O) groups excluding carboxylic acids is 12. The Morgan fingerprint density at radius 2 is 0.207 bits per heavy atom. The molecule has 0 aliphatic carbocycles. The first-order valence-corrected chi connectivity index (χ1v) is 45.3. The molecule has 87 heavy (non-hydrogen) atoms. The summed E-state index contributed by atoms with van der Waals surface area (Å²) in [4.78, 5) is 137. The van der Waals surface area contributed by atoms with Crippen molar-refractivity contribution in [3.63, 3.8) is 0 Å². The molecule has 0 fully saturated rings. The zero-order valence-electron chi connectivity index (χ0n) is 54.2. The summed E-state index contributed by atoms with van der Waals surface area (Å²) in [7, 11) is 0. The molecule has 0 aromatic rings. The van der Waals surface area contributed by atoms with Gasteiger partial charge in [-0.05, 0) is 0 Å². The summed E-state index contributed by atoms with van der Waals surface area (Å²) in [6.07, 6.45) is 14.7. The van der Waals surface area contributed by atoms with Crippen LogP contribution in [0.5, 0.6) is 0 Å². The molecule has 0 aromatic carbocycles. The van der Waals surface area contributed by atoms with E-state index >= 15 is 0 Å². The average molecular weight is 1810 g/mol. The maximum absolute atomic E-state index is 11.4. The average Bonchev–Trinajstić information content (AvgIpc) is 3.22. The predicted molar refractivity (Wildman–Crippen MR) is 324 cm³/mol. The Labute approximate surface area is 531 Å². The molecule has 480 valence electrons. The second-order valence-electron chi connectivity index (χ2n) is 19.1. The number of carbonyl (C=O) groups is 12. The number of hydrogen-bond acceptors (Lipinski definition) is 24. The van der Waals surface area contributed by atoms with E-state index < -0.39 is 68.9 Å². The zero-order chi connectivity index (χ0) is 68.3. The van der Waals surface area contributed by atoms with Gasteiger partial charge in [-0.25, -0.2) is 0 Å². The number of hydrogen-bond donors (Lipinski definition) is 0. The molecule has 27 heteroatoms. The fraction of sp³-hybridized carbons (Fsp3) is 0.400. The number of rotatable bonds is 36. The summed E-state index contributed by atoms with van der Waals surface area (Å²) in [5, 5.41) is 0. The molecule has 0 spiro atoms. The Morgan fingerprint density at radius 1 is 0.149 bits per heavy atom. The molecule has 0 saturated heterocycles. The Morgan fingerprint density at radius 3 is 0.253 bits per heavy atom. The van der Waals surface area contributed by atoms with Crippen molar-refractivity contribution in [3.05, 3.63) is 142 Å². The standard InChI is InChI=1S/12C5H8O2.3Pb/c12*1-4(6)3-5(2)7;;;/h12*3,6H,1-2H3;;;/q;;;;;;;;;;;;3*+4/p-12/b12*4-3-;;;. The van der Waals surface area contributed by atoms with Gasteiger partial charge >= 0.3 is 536 Å². The van der Waals surface area contributed by atoms with Crippen molar-refractivity contribution in [1.82, 2.24) is 0 Å². The second kappa shape index (κ2) is 42.2. The van der Waals surface area contributed by atoms with E-state index in [1.54, 1.807) is 0 Å². The summed E-state index contributed by atoms with van der Waals surface area (Å²) in [6.45, 7) is 34.3. The van der Waals surface area contributed by atoms with Crippen molar-refractivity contribution < 1.29 is 89.8 Å². The van der Waals surface area contributed by atoms with Crippen molar-refractivity contribution in [2.75, 3.05) is 0 Å². The van der Waals surface area contributed by atoms with Gasteiger partial charge in [0.15, 0.2) is 0 Å². The van der Waals surface area contributed by atoms with Crippen molar-refractivity contribution in [2.45, 2.75) is 166 Å². The van der Waals surface area contributed by atoms with Gasteiger partial charge in [0, 0.05) is 0 Å². The van der Waals surface area contributed by atoms with Crippen LogP contribution in [0.4, 0.5) is 0 Å². The molecular weight excluding hydrogens is 1730 g/mol. The van der Waals surface area contributed by atoms with Gasteiger partial charge in [-0.3, -0.25) is 0 Å². The third-order valence-electron chi connectivity index (χ3n) is 8.31. The summed E-state index contributed by atoms with van der Waals surface area (Å²) in [5.41, 5.74) is 0. The topological polar surface area (TPSA) is 316 Å². The van der Waals surface area contributed by atoms with Gasteiger partial charge in [0.1, 0.15) is 0 Å². The number of ketones is 12. The van der Waals surface area contributed by atoms with Crippen molar-refractivity contribution in [1.29, 1.82) is 0 Å². The Balaban J connectivity index is -0.00000122. The molecule has 0 N–H and O–H groups in total. The monoisotopic (exact) mass is 1810 g/mol. The summed E-state index contributed by atoms with van der Waals surface area (Å²) >= 11 is -15.9. The predicted octanol–water partition coefficient (Wildman–Crippen LogP) is 10.4. The first-order valence-electron chi connectivity index (χ1n) is 26.3. The van der Waals surface area contributed by atoms with E-state index in [4.69, 9.17) is 32.2 Å². The quantitative estimate of drug-likeness (QED) is 0.0320. The van der Waals surface area contributed by atoms with Crippen LogP contribution in [0.3, 0.4) is 0 Å². The Bertz CT molecular complexity index is 2270. The molecule has 0 unspecified atom stereocenters. The molecule has 0 aliphatic heterocycles. The van der Waals surface area contributed by atoms with Crippen LogP contribution in [-0.4, -0.2) is 138 Å². The van der Waals surface area contributed by atoms with Crippen molar-refractivity contribution >= 4 is 138 Å². The molecular formula is C60H84O24Pb3. The van der Waals surface area contributed by atoms with E-state index in [1.807, 2.05) is 0 Å². The minimum atomic E-state index is -5.31. The van der Waals surface area contributed by atoms with Crippen LogP contribution in [0.15, 0.2) is 142 Å². The van der Waals surface area contributed by atoms with E-state index in [-0.39, 0.29) is 139 Å². The molecule has 0 atom stereocenters. The van der Waals surface area contributed by atoms with Crippen molar-refractivity contribution in [3.8, 4) is 0 Å². The number of allylic oxidation sites excluding steroid dienone is 24. The van der Waals surface area contributed by atoms with E-state index in [9.17, 15) is 57.5 Å². The summed E-state index contributed by atoms with van der Waals surface area (Å²) in [6, 6.07) is 0. The first kappa shape index (κ1) is 84.5. The molecule has 0 aliphatic rings. The summed E-state index contributed by atoms with van der Waals surface area (Å²) < 4.78 is 70.1. The molecule has 0 aromatic heterocycles. The molecule has 0 bridgehead atoms. The van der Waals surface area contributed by atoms with Gasteiger partial charge in [-0.1, -0.05) is 0 Å². The van der Waals surface area contributed by atoms with Crippen LogP contribution in [0.25, 0.3) is 0 Å². The van der Waals surface area contributed by atoms with Gasteiger partial charge in [-0.15, -0.1) is 0 Å². The van der Waals surface area contributed by atoms with Gasteiger partial charge in [-0.2, -0.15) is 0 Å². The van der Waals surface area contributed by atoms with Gasteiger partial charge in [0.2, 0.25) is 0 Å². The molecule has 0 rings (SSSR count). The molecule has 0 radical (unpaired) electrons. The van der Waals surface area contributed by atoms with Crippen LogP contribution in [0, 0.1) is 0 Å². The third-order valence-corrected chi connectivity index (χ3v) is 35.0. The molecule has 24 nitrogen and oxygen atoms in total. The van der Waals surface area contributed by atoms with Crippen LogP contribution in [0.1, 0.15) is 166 Å². The van der Waals surface area contributed by atoms with E-state index in [1.165, 1.54) is 239 Å². The normalized spacial score (nSPS) is 13.5. The fourth-order valence-corrected chi connectivity index (χ4v) is 30.6. The molecule has 0 saturated carbocycles. The first-order chi connectivity index (χ1) is 39.7. The van der Waals surface area contributed by atoms with Crippen LogP contribution in [0.2, 0.25) is 0 Å². The molecule has 0 amide bonds. The second-order valence-corrected chi connectivity index (χ2v) is 40.3. The Hall–Kier alpha value is -6.71. The van der Waals surface area contributed by atoms with Crippen molar-refractivity contribution in [2.24, 2.45) is 0 Å². The SMILES string of the molecule is CC(=O)/C=C(/C)[O][Pb]([O]/C(C)=C\C(C)=O)([O]/C(C)=C\C(C)=O)[O]/C(C)=C\C(C)=O.CC(=O)/C=C(/C)[O][Pb]([O]/C(C)=C\C(C)=O)([O]/C(C)=C\C(C)=O)[O]/C(C)=C\C(C)=O.CC(=O)/C=C(/C)[O][Pb]([O]/C(C)=C\C(C)=O)([O]/C(C)=C\C(C)=O)[O]/C(C)=C\C(C)=O. The zero-order valence-corrected chi connectivity index (χ0v) is 65.9. The minimum absolute atomic E-state index is 0.168.